The number of aliphatic carboxylic acids is 1. The number of hydrogen-bond donors (Lipinski definition) is 7. The van der Waals surface area contributed by atoms with Gasteiger partial charge >= 0.3 is 11.9 Å². The van der Waals surface area contributed by atoms with Crippen molar-refractivity contribution < 1.29 is 73.5 Å². The third-order valence-electron chi connectivity index (χ3n) is 12.2. The summed E-state index contributed by atoms with van der Waals surface area (Å²) < 4.78 is 28.9. The van der Waals surface area contributed by atoms with Gasteiger partial charge in [-0.1, -0.05) is 13.8 Å². The van der Waals surface area contributed by atoms with Gasteiger partial charge in [0.1, 0.15) is 47.7 Å². The first-order valence-corrected chi connectivity index (χ1v) is 16.2. The SMILES string of the molecule is COC(=O)C[C@@H](O)[C@]1(C)[C@H]2CC[C@@](C)([C@@H](O[C@@H]3O[C@H](CO)[C@@H](O)[C@H](O)[C@H]3O)c3ccco3)[C@@]3(O[C@@H]3C(=O)O)[C@]2(C)C(=O)C[C@H]1C(C)(C)O. The fourth-order valence-electron chi connectivity index (χ4n) is 9.72. The zero-order valence-corrected chi connectivity index (χ0v) is 27.9. The maximum atomic E-state index is 14.6. The molecule has 2 aliphatic heterocycles. The van der Waals surface area contributed by atoms with Crippen molar-refractivity contribution in [1.82, 2.24) is 0 Å². The van der Waals surface area contributed by atoms with Crippen LogP contribution in [0.15, 0.2) is 22.8 Å². The lowest BCUT2D eigenvalue weighted by atomic mass is 9.37. The maximum absolute atomic E-state index is 14.6. The van der Waals surface area contributed by atoms with Crippen molar-refractivity contribution >= 4 is 17.7 Å². The van der Waals surface area contributed by atoms with E-state index in [-0.39, 0.29) is 25.0 Å². The third-order valence-corrected chi connectivity index (χ3v) is 12.2. The van der Waals surface area contributed by atoms with Crippen molar-refractivity contribution in [3.8, 4) is 0 Å². The van der Waals surface area contributed by atoms with Crippen LogP contribution in [-0.2, 0) is 33.3 Å². The summed E-state index contributed by atoms with van der Waals surface area (Å²) in [6.07, 6.45) is -11.6. The molecule has 1 spiro atoms. The van der Waals surface area contributed by atoms with Gasteiger partial charge in [0.2, 0.25) is 0 Å². The van der Waals surface area contributed by atoms with E-state index in [4.69, 9.17) is 23.4 Å². The molecule has 0 amide bonds. The van der Waals surface area contributed by atoms with Crippen molar-refractivity contribution in [3.05, 3.63) is 24.2 Å². The minimum atomic E-state index is -1.83. The van der Waals surface area contributed by atoms with Gasteiger partial charge in [0.15, 0.2) is 12.4 Å². The lowest BCUT2D eigenvalue weighted by Gasteiger charge is -2.66. The summed E-state index contributed by atoms with van der Waals surface area (Å²) in [6.45, 7) is 7.29. The molecule has 2 saturated carbocycles. The van der Waals surface area contributed by atoms with E-state index in [2.05, 4.69) is 0 Å². The van der Waals surface area contributed by atoms with E-state index in [9.17, 15) is 50.1 Å². The van der Waals surface area contributed by atoms with Gasteiger partial charge < -0.3 is 59.1 Å². The number of esters is 1. The first-order valence-electron chi connectivity index (χ1n) is 16.2. The first-order chi connectivity index (χ1) is 22.3. The summed E-state index contributed by atoms with van der Waals surface area (Å²) in [5, 5.41) is 75.2. The topological polar surface area (TPSA) is 246 Å². The molecular weight excluding hydrogens is 636 g/mol. The highest BCUT2D eigenvalue weighted by atomic mass is 16.7. The number of hydrogen-bond acceptors (Lipinski definition) is 14. The Morgan fingerprint density at radius 2 is 1.79 bits per heavy atom. The summed E-state index contributed by atoms with van der Waals surface area (Å²) in [7, 11) is 1.18. The molecule has 48 heavy (non-hydrogen) atoms. The molecule has 14 atom stereocenters. The van der Waals surface area contributed by atoms with Crippen LogP contribution in [0.5, 0.6) is 0 Å². The minimum absolute atomic E-state index is 0.0895. The molecule has 15 nitrogen and oxygen atoms in total. The van der Waals surface area contributed by atoms with Crippen LogP contribution >= 0.6 is 0 Å². The quantitative estimate of drug-likeness (QED) is 0.127. The molecule has 1 aromatic heterocycles. The molecule has 4 fully saturated rings. The second-order valence-corrected chi connectivity index (χ2v) is 15.0. The molecule has 5 rings (SSSR count). The number of methoxy groups -OCH3 is 1. The summed E-state index contributed by atoms with van der Waals surface area (Å²) in [5.74, 6) is -4.01. The highest BCUT2D eigenvalue weighted by Gasteiger charge is 2.86. The Hall–Kier alpha value is -2.47. The number of ketones is 1. The number of Topliss-reactive ketones (excluding diaryl/α,β-unsaturated/α-hetero) is 1. The van der Waals surface area contributed by atoms with E-state index in [1.807, 2.05) is 0 Å². The van der Waals surface area contributed by atoms with Crippen molar-refractivity contribution in [3.63, 3.8) is 0 Å². The van der Waals surface area contributed by atoms with E-state index >= 15 is 0 Å². The Morgan fingerprint density at radius 3 is 2.31 bits per heavy atom. The van der Waals surface area contributed by atoms with E-state index in [0.717, 1.165) is 0 Å². The standard InChI is InChI=1S/C33H48O15/c1-29(2,43)18-12-20(36)32(5)17(31(18,4)19(35)13-21(37)44-6)9-10-30(3,33(32)26(48-33)27(41)42)25(15-8-7-11-45-15)47-28-24(40)23(39)22(38)16(14-34)46-28/h7-8,11,16-19,22-26,28,34-35,38-40,43H,9-10,12-14H2,1-6H3,(H,41,42)/t16-,17-,18+,19-,22-,23+,24-,25+,26-,28+,30+,31-,32+,33-/m1/s1. The van der Waals surface area contributed by atoms with Crippen LogP contribution in [0.4, 0.5) is 0 Å². The fraction of sp³-hybridized carbons (Fsp3) is 0.788. The molecule has 15 heteroatoms. The Kier molecular flexibility index (Phi) is 9.50. The number of carbonyl (C=O) groups is 3. The predicted octanol–water partition coefficient (Wildman–Crippen LogP) is 0.0722. The monoisotopic (exact) mass is 684 g/mol. The Balaban J connectivity index is 1.67. The summed E-state index contributed by atoms with van der Waals surface area (Å²) >= 11 is 0. The van der Waals surface area contributed by atoms with Gasteiger partial charge in [0.05, 0.1) is 43.5 Å². The van der Waals surface area contributed by atoms with Crippen LogP contribution in [0.1, 0.15) is 72.2 Å². The number of carboxylic acids is 1. The molecule has 0 bridgehead atoms. The summed E-state index contributed by atoms with van der Waals surface area (Å²) in [4.78, 5) is 40.0. The average molecular weight is 685 g/mol. The minimum Gasteiger partial charge on any atom is -0.479 e. The first kappa shape index (κ1) is 36.8. The lowest BCUT2D eigenvalue weighted by Crippen LogP contribution is -2.72. The molecular formula is C33H48O15. The molecule has 0 radical (unpaired) electrons. The van der Waals surface area contributed by atoms with Crippen LogP contribution < -0.4 is 0 Å². The molecule has 2 saturated heterocycles. The molecule has 0 unspecified atom stereocenters. The number of carbonyl (C=O) groups excluding carboxylic acids is 2. The number of aliphatic hydroxyl groups excluding tert-OH is 5. The normalized spacial score (nSPS) is 44.1. The van der Waals surface area contributed by atoms with E-state index in [1.54, 1.807) is 32.9 Å². The zero-order valence-electron chi connectivity index (χ0n) is 27.9. The van der Waals surface area contributed by atoms with Gasteiger partial charge in [-0.05, 0) is 51.7 Å². The van der Waals surface area contributed by atoms with Crippen molar-refractivity contribution in [1.29, 1.82) is 0 Å². The van der Waals surface area contributed by atoms with Crippen molar-refractivity contribution in [2.45, 2.75) is 121 Å². The van der Waals surface area contributed by atoms with Crippen LogP contribution in [0.3, 0.4) is 0 Å². The largest absolute Gasteiger partial charge is 0.479 e. The highest BCUT2D eigenvalue weighted by Crippen LogP contribution is 2.77. The molecule has 270 valence electrons. The highest BCUT2D eigenvalue weighted by molar-refractivity contribution is 5.92. The number of rotatable bonds is 10. The number of furan rings is 1. The molecule has 2 aliphatic carbocycles. The average Bonchev–Trinajstić information content (AvgIpc) is 3.59. The number of aliphatic hydroxyl groups is 6. The van der Waals surface area contributed by atoms with Gasteiger partial charge in [-0.15, -0.1) is 0 Å². The third kappa shape index (κ3) is 5.16. The number of carboxylic acid groups (broad SMARTS) is 1. The fourth-order valence-corrected chi connectivity index (χ4v) is 9.72. The molecule has 4 aliphatic rings. The van der Waals surface area contributed by atoms with Gasteiger partial charge in [-0.25, -0.2) is 4.79 Å². The van der Waals surface area contributed by atoms with Crippen LogP contribution in [0.2, 0.25) is 0 Å². The lowest BCUT2D eigenvalue weighted by molar-refractivity contribution is -0.330. The number of ether oxygens (including phenoxy) is 4. The van der Waals surface area contributed by atoms with Crippen molar-refractivity contribution in [2.24, 2.45) is 28.1 Å². The molecule has 0 aromatic carbocycles. The summed E-state index contributed by atoms with van der Waals surface area (Å²) in [6, 6.07) is 3.11. The number of epoxide rings is 1. The van der Waals surface area contributed by atoms with E-state index in [1.165, 1.54) is 27.2 Å². The second kappa shape index (κ2) is 12.4. The Morgan fingerprint density at radius 1 is 1.12 bits per heavy atom. The molecule has 1 aromatic rings. The van der Waals surface area contributed by atoms with Crippen molar-refractivity contribution in [2.75, 3.05) is 13.7 Å². The van der Waals surface area contributed by atoms with E-state index < -0.39 is 119 Å². The van der Waals surface area contributed by atoms with Gasteiger partial charge in [0, 0.05) is 23.2 Å². The van der Waals surface area contributed by atoms with Crippen LogP contribution in [0.25, 0.3) is 0 Å². The van der Waals surface area contributed by atoms with Gasteiger partial charge in [-0.3, -0.25) is 9.59 Å². The zero-order chi connectivity index (χ0) is 35.8. The predicted molar refractivity (Wildman–Crippen MR) is 161 cm³/mol. The molecule has 7 N–H and O–H groups in total. The maximum Gasteiger partial charge on any atom is 0.335 e. The Bertz CT molecular complexity index is 1370. The van der Waals surface area contributed by atoms with Crippen LogP contribution in [-0.4, -0.2) is 121 Å². The number of fused-ring (bicyclic) bond motifs is 2. The summed E-state index contributed by atoms with van der Waals surface area (Å²) in [5.41, 5.74) is -7.76. The molecule has 3 heterocycles. The van der Waals surface area contributed by atoms with E-state index in [0.29, 0.717) is 0 Å². The van der Waals surface area contributed by atoms with Crippen LogP contribution in [0, 0.1) is 28.1 Å². The second-order valence-electron chi connectivity index (χ2n) is 15.0. The van der Waals surface area contributed by atoms with Gasteiger partial charge in [-0.2, -0.15) is 0 Å². The smallest absolute Gasteiger partial charge is 0.335 e. The van der Waals surface area contributed by atoms with Gasteiger partial charge in [0.25, 0.3) is 0 Å². The Labute approximate surface area is 277 Å².